The number of hydrogen-bond donors (Lipinski definition) is 2. The predicted octanol–water partition coefficient (Wildman–Crippen LogP) is -0.972. The Balaban J connectivity index is 1.90. The molecule has 2 aliphatic heterocycles. The first-order chi connectivity index (χ1) is 11.9. The number of aliphatic hydroxyl groups excluding tert-OH is 1. The predicted molar refractivity (Wildman–Crippen MR) is 80.7 cm³/mol. The van der Waals surface area contributed by atoms with Gasteiger partial charge in [-0.1, -0.05) is 6.07 Å². The lowest BCUT2D eigenvalue weighted by atomic mass is 10.0. The fraction of sp³-hybridized carbons (Fsp3) is 0.312. The molecule has 25 heavy (non-hydrogen) atoms. The van der Waals surface area contributed by atoms with Crippen molar-refractivity contribution in [3.8, 4) is 5.75 Å². The molecule has 0 spiro atoms. The summed E-state index contributed by atoms with van der Waals surface area (Å²) in [6.07, 6.45) is 0.0769. The van der Waals surface area contributed by atoms with Crippen molar-refractivity contribution in [3.05, 3.63) is 29.3 Å². The molecule has 0 bridgehead atoms. The van der Waals surface area contributed by atoms with E-state index in [1.165, 1.54) is 18.2 Å². The van der Waals surface area contributed by atoms with Crippen molar-refractivity contribution >= 4 is 29.4 Å². The number of carbonyl (C=O) groups is 5. The first-order valence-corrected chi connectivity index (χ1v) is 7.54. The Kier molecular flexibility index (Phi) is 4.32. The Labute approximate surface area is 141 Å². The van der Waals surface area contributed by atoms with Crippen LogP contribution in [0, 0.1) is 0 Å². The monoisotopic (exact) mass is 346 g/mol. The third-order valence-corrected chi connectivity index (χ3v) is 3.99. The number of rotatable bonds is 5. The number of Topliss-reactive ketones (excluding diaryl/α,β-unsaturated/α-hetero) is 1. The molecule has 2 aliphatic rings. The molecule has 0 aromatic heterocycles. The highest BCUT2D eigenvalue weighted by atomic mass is 16.5. The summed E-state index contributed by atoms with van der Waals surface area (Å²) in [5, 5.41) is 10.8. The molecule has 1 aromatic carbocycles. The summed E-state index contributed by atoms with van der Waals surface area (Å²) in [4.78, 5) is 60.5. The van der Waals surface area contributed by atoms with Crippen LogP contribution in [0.15, 0.2) is 18.2 Å². The molecule has 0 saturated carbocycles. The van der Waals surface area contributed by atoms with E-state index < -0.39 is 48.7 Å². The minimum Gasteiger partial charge on any atom is -0.485 e. The number of benzene rings is 1. The van der Waals surface area contributed by atoms with Gasteiger partial charge in [0.25, 0.3) is 11.8 Å². The summed E-state index contributed by atoms with van der Waals surface area (Å²) in [5.41, 5.74) is 0.0200. The Morgan fingerprint density at radius 2 is 2.00 bits per heavy atom. The number of fused-ring (bicyclic) bond motifs is 1. The van der Waals surface area contributed by atoms with E-state index in [9.17, 15) is 24.0 Å². The second kappa shape index (κ2) is 6.44. The molecule has 2 heterocycles. The van der Waals surface area contributed by atoms with E-state index in [1.54, 1.807) is 0 Å². The number of imide groups is 2. The van der Waals surface area contributed by atoms with Crippen LogP contribution < -0.4 is 10.1 Å². The number of amides is 4. The number of carbonyl (C=O) groups excluding carboxylic acids is 5. The molecule has 2 N–H and O–H groups in total. The SMILES string of the molecule is O=C(CO)COc1cccc2c1C(=O)N(C1CCC(=O)NC1=O)C2=O. The summed E-state index contributed by atoms with van der Waals surface area (Å²) in [6, 6.07) is 3.25. The summed E-state index contributed by atoms with van der Waals surface area (Å²) >= 11 is 0. The third-order valence-electron chi connectivity index (χ3n) is 3.99. The maximum atomic E-state index is 12.7. The molecule has 1 aromatic rings. The van der Waals surface area contributed by atoms with Crippen LogP contribution in [0.3, 0.4) is 0 Å². The van der Waals surface area contributed by atoms with Crippen molar-refractivity contribution in [2.24, 2.45) is 0 Å². The van der Waals surface area contributed by atoms with Gasteiger partial charge in [-0.15, -0.1) is 0 Å². The first kappa shape index (κ1) is 16.8. The molecular formula is C16H14N2O7. The minimum atomic E-state index is -1.07. The van der Waals surface area contributed by atoms with Gasteiger partial charge in [-0.2, -0.15) is 0 Å². The van der Waals surface area contributed by atoms with Crippen molar-refractivity contribution in [2.75, 3.05) is 13.2 Å². The van der Waals surface area contributed by atoms with Gasteiger partial charge in [0.1, 0.15) is 25.0 Å². The second-order valence-corrected chi connectivity index (χ2v) is 5.61. The molecule has 1 atom stereocenters. The van der Waals surface area contributed by atoms with Crippen molar-refractivity contribution in [1.29, 1.82) is 0 Å². The Morgan fingerprint density at radius 1 is 1.24 bits per heavy atom. The quantitative estimate of drug-likeness (QED) is 0.656. The van der Waals surface area contributed by atoms with Crippen LogP contribution in [0.4, 0.5) is 0 Å². The van der Waals surface area contributed by atoms with Crippen LogP contribution in [0.1, 0.15) is 33.6 Å². The molecule has 0 radical (unpaired) electrons. The third kappa shape index (κ3) is 2.89. The van der Waals surface area contributed by atoms with Crippen LogP contribution in [0.5, 0.6) is 5.75 Å². The van der Waals surface area contributed by atoms with Gasteiger partial charge >= 0.3 is 0 Å². The van der Waals surface area contributed by atoms with E-state index in [2.05, 4.69) is 5.32 Å². The van der Waals surface area contributed by atoms with Crippen LogP contribution in [0.25, 0.3) is 0 Å². The van der Waals surface area contributed by atoms with Gasteiger partial charge < -0.3 is 9.84 Å². The van der Waals surface area contributed by atoms with Crippen molar-refractivity contribution < 1.29 is 33.8 Å². The molecule has 0 aliphatic carbocycles. The molecule has 130 valence electrons. The Bertz CT molecular complexity index is 802. The maximum Gasteiger partial charge on any atom is 0.266 e. The van der Waals surface area contributed by atoms with Crippen molar-refractivity contribution in [3.63, 3.8) is 0 Å². The highest BCUT2D eigenvalue weighted by Crippen LogP contribution is 2.33. The lowest BCUT2D eigenvalue weighted by Crippen LogP contribution is -2.54. The number of ketones is 1. The molecule has 1 saturated heterocycles. The summed E-state index contributed by atoms with van der Waals surface area (Å²) in [7, 11) is 0. The maximum absolute atomic E-state index is 12.7. The fourth-order valence-corrected chi connectivity index (χ4v) is 2.81. The van der Waals surface area contributed by atoms with Gasteiger partial charge in [0.2, 0.25) is 11.8 Å². The number of nitrogens with one attached hydrogen (secondary N) is 1. The summed E-state index contributed by atoms with van der Waals surface area (Å²) < 4.78 is 5.24. The van der Waals surface area contributed by atoms with Gasteiger partial charge in [-0.05, 0) is 18.6 Å². The zero-order valence-corrected chi connectivity index (χ0v) is 13.0. The second-order valence-electron chi connectivity index (χ2n) is 5.61. The van der Waals surface area contributed by atoms with Gasteiger partial charge in [0.15, 0.2) is 5.78 Å². The largest absolute Gasteiger partial charge is 0.485 e. The fourth-order valence-electron chi connectivity index (χ4n) is 2.81. The zero-order chi connectivity index (χ0) is 18.1. The molecule has 4 amide bonds. The highest BCUT2D eigenvalue weighted by Gasteiger charge is 2.45. The number of ether oxygens (including phenoxy) is 1. The molecule has 3 rings (SSSR count). The smallest absolute Gasteiger partial charge is 0.266 e. The van der Waals surface area contributed by atoms with Crippen LogP contribution >= 0.6 is 0 Å². The van der Waals surface area contributed by atoms with E-state index in [0.29, 0.717) is 0 Å². The molecular weight excluding hydrogens is 332 g/mol. The number of nitrogens with zero attached hydrogens (tertiary/aromatic N) is 1. The normalized spacial score (nSPS) is 19.7. The average Bonchev–Trinajstić information content (AvgIpc) is 2.85. The first-order valence-electron chi connectivity index (χ1n) is 7.54. The van der Waals surface area contributed by atoms with E-state index in [4.69, 9.17) is 9.84 Å². The van der Waals surface area contributed by atoms with Crippen LogP contribution in [-0.2, 0) is 14.4 Å². The average molecular weight is 346 g/mol. The van der Waals surface area contributed by atoms with Gasteiger partial charge in [-0.3, -0.25) is 34.2 Å². The van der Waals surface area contributed by atoms with E-state index in [1.807, 2.05) is 0 Å². The zero-order valence-electron chi connectivity index (χ0n) is 13.0. The lowest BCUT2D eigenvalue weighted by molar-refractivity contribution is -0.136. The molecule has 1 unspecified atom stereocenters. The Hall–Kier alpha value is -3.07. The van der Waals surface area contributed by atoms with E-state index in [0.717, 1.165) is 4.90 Å². The van der Waals surface area contributed by atoms with E-state index >= 15 is 0 Å². The van der Waals surface area contributed by atoms with Gasteiger partial charge in [0, 0.05) is 6.42 Å². The van der Waals surface area contributed by atoms with Gasteiger partial charge in [0.05, 0.1) is 11.1 Å². The van der Waals surface area contributed by atoms with Crippen LogP contribution in [0.2, 0.25) is 0 Å². The molecule has 9 nitrogen and oxygen atoms in total. The van der Waals surface area contributed by atoms with Gasteiger partial charge in [-0.25, -0.2) is 0 Å². The van der Waals surface area contributed by atoms with Crippen molar-refractivity contribution in [2.45, 2.75) is 18.9 Å². The van der Waals surface area contributed by atoms with E-state index in [-0.39, 0.29) is 29.7 Å². The Morgan fingerprint density at radius 3 is 2.68 bits per heavy atom. The number of aliphatic hydroxyl groups is 1. The standard InChI is InChI=1S/C16H14N2O7/c19-6-8(20)7-25-11-3-1-2-9-13(11)16(24)18(15(9)23)10-4-5-12(21)17-14(10)22/h1-3,10,19H,4-7H2,(H,17,21,22). The topological polar surface area (TPSA) is 130 Å². The van der Waals surface area contributed by atoms with Crippen molar-refractivity contribution in [1.82, 2.24) is 10.2 Å². The minimum absolute atomic E-state index is 0.0208. The lowest BCUT2D eigenvalue weighted by Gasteiger charge is -2.27. The number of hydrogen-bond acceptors (Lipinski definition) is 7. The number of piperidine rings is 1. The summed E-state index contributed by atoms with van der Waals surface area (Å²) in [5.74, 6) is -3.10. The highest BCUT2D eigenvalue weighted by molar-refractivity contribution is 6.24. The summed E-state index contributed by atoms with van der Waals surface area (Å²) in [6.45, 7) is -1.16. The molecule has 9 heteroatoms. The molecule has 1 fully saturated rings. The van der Waals surface area contributed by atoms with Crippen LogP contribution in [-0.4, -0.2) is 58.7 Å².